The SMILES string of the molecule is Nc1cccc(Sc2ccc3cn[nH]c3c2)c1. The zero-order valence-corrected chi connectivity index (χ0v) is 9.87. The lowest BCUT2D eigenvalue weighted by Gasteiger charge is -2.02. The second-order valence-electron chi connectivity index (χ2n) is 3.79. The maximum Gasteiger partial charge on any atom is 0.0661 e. The summed E-state index contributed by atoms with van der Waals surface area (Å²) in [6.45, 7) is 0. The van der Waals surface area contributed by atoms with E-state index in [-0.39, 0.29) is 0 Å². The van der Waals surface area contributed by atoms with Gasteiger partial charge in [0.2, 0.25) is 0 Å². The Bertz CT molecular complexity index is 660. The molecule has 3 nitrogen and oxygen atoms in total. The molecule has 17 heavy (non-hydrogen) atoms. The third-order valence-corrected chi connectivity index (χ3v) is 3.49. The van der Waals surface area contributed by atoms with Crippen LogP contribution in [0.2, 0.25) is 0 Å². The molecule has 0 atom stereocenters. The van der Waals surface area contributed by atoms with Crippen LogP contribution in [0.3, 0.4) is 0 Å². The van der Waals surface area contributed by atoms with Crippen LogP contribution in [-0.2, 0) is 0 Å². The molecule has 84 valence electrons. The van der Waals surface area contributed by atoms with Crippen molar-refractivity contribution in [3.63, 3.8) is 0 Å². The molecule has 0 amide bonds. The van der Waals surface area contributed by atoms with Crippen LogP contribution in [0.25, 0.3) is 10.9 Å². The zero-order valence-electron chi connectivity index (χ0n) is 9.05. The molecule has 1 heterocycles. The van der Waals surface area contributed by atoms with E-state index in [1.54, 1.807) is 11.8 Å². The number of H-pyrrole nitrogens is 1. The summed E-state index contributed by atoms with van der Waals surface area (Å²) < 4.78 is 0. The van der Waals surface area contributed by atoms with Gasteiger partial charge in [0.1, 0.15) is 0 Å². The van der Waals surface area contributed by atoms with Gasteiger partial charge in [-0.3, -0.25) is 5.10 Å². The fourth-order valence-electron chi connectivity index (χ4n) is 1.69. The first-order valence-corrected chi connectivity index (χ1v) is 6.09. The molecular formula is C13H11N3S. The molecule has 1 aromatic heterocycles. The van der Waals surface area contributed by atoms with Crippen molar-refractivity contribution in [3.05, 3.63) is 48.7 Å². The van der Waals surface area contributed by atoms with Crippen molar-refractivity contribution in [2.24, 2.45) is 0 Å². The van der Waals surface area contributed by atoms with Crippen molar-refractivity contribution in [3.8, 4) is 0 Å². The number of fused-ring (bicyclic) bond motifs is 1. The first kappa shape index (κ1) is 10.2. The number of hydrogen-bond donors (Lipinski definition) is 2. The Balaban J connectivity index is 1.94. The van der Waals surface area contributed by atoms with Gasteiger partial charge in [0.05, 0.1) is 11.7 Å². The van der Waals surface area contributed by atoms with Crippen LogP contribution < -0.4 is 5.73 Å². The molecular weight excluding hydrogens is 230 g/mol. The summed E-state index contributed by atoms with van der Waals surface area (Å²) in [4.78, 5) is 2.32. The van der Waals surface area contributed by atoms with E-state index in [1.807, 2.05) is 24.4 Å². The number of rotatable bonds is 2. The van der Waals surface area contributed by atoms with Crippen molar-refractivity contribution in [2.75, 3.05) is 5.73 Å². The third-order valence-electron chi connectivity index (χ3n) is 2.51. The smallest absolute Gasteiger partial charge is 0.0661 e. The Morgan fingerprint density at radius 2 is 1.94 bits per heavy atom. The van der Waals surface area contributed by atoms with Gasteiger partial charge in [-0.25, -0.2) is 0 Å². The monoisotopic (exact) mass is 241 g/mol. The highest BCUT2D eigenvalue weighted by Crippen LogP contribution is 2.30. The van der Waals surface area contributed by atoms with Crippen LogP contribution in [0.4, 0.5) is 5.69 Å². The Morgan fingerprint density at radius 1 is 1.06 bits per heavy atom. The first-order chi connectivity index (χ1) is 8.31. The van der Waals surface area contributed by atoms with E-state index >= 15 is 0 Å². The lowest BCUT2D eigenvalue weighted by atomic mass is 10.3. The van der Waals surface area contributed by atoms with Crippen molar-refractivity contribution < 1.29 is 0 Å². The van der Waals surface area contributed by atoms with Gasteiger partial charge in [-0.05, 0) is 30.3 Å². The van der Waals surface area contributed by atoms with Gasteiger partial charge < -0.3 is 5.73 Å². The molecule has 0 aliphatic heterocycles. The average molecular weight is 241 g/mol. The van der Waals surface area contributed by atoms with Gasteiger partial charge in [0.15, 0.2) is 0 Å². The topological polar surface area (TPSA) is 54.7 Å². The minimum atomic E-state index is 0.789. The summed E-state index contributed by atoms with van der Waals surface area (Å²) in [5.74, 6) is 0. The Labute approximate surface area is 103 Å². The number of nitrogens with two attached hydrogens (primary N) is 1. The molecule has 2 aromatic carbocycles. The molecule has 0 unspecified atom stereocenters. The van der Waals surface area contributed by atoms with E-state index in [0.717, 1.165) is 21.5 Å². The molecule has 3 N–H and O–H groups in total. The number of anilines is 1. The van der Waals surface area contributed by atoms with Crippen molar-refractivity contribution in [1.29, 1.82) is 0 Å². The minimum absolute atomic E-state index is 0.789. The molecule has 0 aliphatic carbocycles. The van der Waals surface area contributed by atoms with Gasteiger partial charge in [-0.1, -0.05) is 23.9 Å². The van der Waals surface area contributed by atoms with Gasteiger partial charge in [-0.2, -0.15) is 5.10 Å². The van der Waals surface area contributed by atoms with Crippen molar-refractivity contribution >= 4 is 28.4 Å². The van der Waals surface area contributed by atoms with Gasteiger partial charge >= 0.3 is 0 Å². The summed E-state index contributed by atoms with van der Waals surface area (Å²) >= 11 is 1.69. The van der Waals surface area contributed by atoms with E-state index < -0.39 is 0 Å². The molecule has 4 heteroatoms. The normalized spacial score (nSPS) is 10.8. The standard InChI is InChI=1S/C13H11N3S/c14-10-2-1-3-11(6-10)17-12-5-4-9-8-15-16-13(9)7-12/h1-8H,14H2,(H,15,16). The zero-order chi connectivity index (χ0) is 11.7. The lowest BCUT2D eigenvalue weighted by Crippen LogP contribution is -1.83. The molecule has 0 spiro atoms. The van der Waals surface area contributed by atoms with Crippen molar-refractivity contribution in [2.45, 2.75) is 9.79 Å². The Morgan fingerprint density at radius 3 is 2.82 bits per heavy atom. The summed E-state index contributed by atoms with van der Waals surface area (Å²) in [5, 5.41) is 8.11. The van der Waals surface area contributed by atoms with E-state index in [9.17, 15) is 0 Å². The second kappa shape index (κ2) is 4.14. The Hall–Kier alpha value is -1.94. The van der Waals surface area contributed by atoms with E-state index in [4.69, 9.17) is 5.73 Å². The predicted molar refractivity (Wildman–Crippen MR) is 71.1 cm³/mol. The predicted octanol–water partition coefficient (Wildman–Crippen LogP) is 3.30. The summed E-state index contributed by atoms with van der Waals surface area (Å²) in [6.07, 6.45) is 1.82. The molecule has 0 radical (unpaired) electrons. The van der Waals surface area contributed by atoms with Crippen LogP contribution in [0, 0.1) is 0 Å². The lowest BCUT2D eigenvalue weighted by molar-refractivity contribution is 1.12. The van der Waals surface area contributed by atoms with Crippen LogP contribution in [0.5, 0.6) is 0 Å². The van der Waals surface area contributed by atoms with Crippen LogP contribution in [0.1, 0.15) is 0 Å². The van der Waals surface area contributed by atoms with Gasteiger partial charge in [0.25, 0.3) is 0 Å². The number of nitrogen functional groups attached to an aromatic ring is 1. The average Bonchev–Trinajstić information content (AvgIpc) is 2.76. The third kappa shape index (κ3) is 2.12. The maximum atomic E-state index is 5.76. The first-order valence-electron chi connectivity index (χ1n) is 5.28. The number of hydrogen-bond acceptors (Lipinski definition) is 3. The summed E-state index contributed by atoms with van der Waals surface area (Å²) in [5.41, 5.74) is 7.60. The largest absolute Gasteiger partial charge is 0.399 e. The molecule has 0 fully saturated rings. The summed E-state index contributed by atoms with van der Waals surface area (Å²) in [6, 6.07) is 14.1. The van der Waals surface area contributed by atoms with Gasteiger partial charge in [-0.15, -0.1) is 0 Å². The highest BCUT2D eigenvalue weighted by Gasteiger charge is 2.00. The van der Waals surface area contributed by atoms with E-state index in [2.05, 4.69) is 34.5 Å². The fraction of sp³-hybridized carbons (Fsp3) is 0. The summed E-state index contributed by atoms with van der Waals surface area (Å²) in [7, 11) is 0. The molecule has 0 saturated carbocycles. The molecule has 3 rings (SSSR count). The van der Waals surface area contributed by atoms with E-state index in [1.165, 1.54) is 4.90 Å². The molecule has 0 bridgehead atoms. The van der Waals surface area contributed by atoms with Crippen LogP contribution in [-0.4, -0.2) is 10.2 Å². The van der Waals surface area contributed by atoms with E-state index in [0.29, 0.717) is 0 Å². The number of aromatic nitrogens is 2. The molecule has 3 aromatic rings. The highest BCUT2D eigenvalue weighted by atomic mass is 32.2. The maximum absolute atomic E-state index is 5.76. The second-order valence-corrected chi connectivity index (χ2v) is 4.94. The quantitative estimate of drug-likeness (QED) is 0.677. The van der Waals surface area contributed by atoms with Crippen LogP contribution in [0.15, 0.2) is 58.5 Å². The van der Waals surface area contributed by atoms with Crippen LogP contribution >= 0.6 is 11.8 Å². The molecule has 0 saturated heterocycles. The highest BCUT2D eigenvalue weighted by molar-refractivity contribution is 7.99. The van der Waals surface area contributed by atoms with Gasteiger partial charge in [0, 0.05) is 20.9 Å². The number of nitrogens with one attached hydrogen (secondary N) is 1. The fourth-order valence-corrected chi connectivity index (χ4v) is 2.62. The number of benzene rings is 2. The van der Waals surface area contributed by atoms with Crippen molar-refractivity contribution in [1.82, 2.24) is 10.2 Å². The minimum Gasteiger partial charge on any atom is -0.399 e. The number of nitrogens with zero attached hydrogens (tertiary/aromatic N) is 1. The Kier molecular flexibility index (Phi) is 2.49. The molecule has 0 aliphatic rings. The number of aromatic amines is 1.